The normalized spacial score (nSPS) is 20.2. The zero-order valence-electron chi connectivity index (χ0n) is 47.2. The fourth-order valence-corrected chi connectivity index (χ4v) is 9.94. The summed E-state index contributed by atoms with van der Waals surface area (Å²) < 4.78 is 78.7. The number of benzene rings is 4. The van der Waals surface area contributed by atoms with Crippen LogP contribution >= 0.6 is 15.9 Å². The third kappa shape index (κ3) is 22.4. The molecule has 4 aromatic rings. The monoisotopic (exact) mass is 1220 g/mol. The average Bonchev–Trinajstić information content (AvgIpc) is 3.83. The predicted molar refractivity (Wildman–Crippen MR) is 276 cm³/mol. The van der Waals surface area contributed by atoms with Gasteiger partial charge in [0, 0.05) is 23.0 Å². The first-order valence-electron chi connectivity index (χ1n) is 24.5. The van der Waals surface area contributed by atoms with Crippen LogP contribution in [0.15, 0.2) is 107 Å². The van der Waals surface area contributed by atoms with Crippen molar-refractivity contribution in [2.45, 2.75) is 142 Å². The van der Waals surface area contributed by atoms with Crippen LogP contribution in [0.2, 0.25) is 0 Å². The molecule has 2 amide bonds. The van der Waals surface area contributed by atoms with E-state index in [4.69, 9.17) is 34.2 Å². The second kappa shape index (κ2) is 33.1. The first-order valence-corrected chi connectivity index (χ1v) is 25.7. The van der Waals surface area contributed by atoms with Gasteiger partial charge in [0.15, 0.2) is 0 Å². The number of hydrogen-bond donors (Lipinski definition) is 1. The maximum atomic E-state index is 13.6. The zero-order chi connectivity index (χ0) is 58.0. The van der Waals surface area contributed by atoms with Gasteiger partial charge in [0.2, 0.25) is 0 Å². The molecule has 8 rings (SSSR count). The minimum absolute atomic E-state index is 0. The summed E-state index contributed by atoms with van der Waals surface area (Å²) in [6.07, 6.45) is -1.76. The van der Waals surface area contributed by atoms with Gasteiger partial charge in [-0.1, -0.05) is 141 Å². The number of rotatable bonds is 6. The Morgan fingerprint density at radius 3 is 1.42 bits per heavy atom. The molecule has 2 aliphatic heterocycles. The molecule has 0 saturated heterocycles. The number of nitrogens with zero attached hydrogens (tertiary/aromatic N) is 3. The minimum atomic E-state index is -4.47. The molecule has 2 heterocycles. The van der Waals surface area contributed by atoms with Crippen molar-refractivity contribution in [3.63, 3.8) is 0 Å². The van der Waals surface area contributed by atoms with Crippen LogP contribution in [0.5, 0.6) is 0 Å². The first-order chi connectivity index (χ1) is 36.0. The molecule has 2 saturated carbocycles. The number of aryl methyl sites for hydroxylation is 2. The molecular formula is C57H65BrF6K2N4O9. The Bertz CT molecular complexity index is 2730. The SMILES string of the molecule is CC(C)(C)C1CCC2(CC1)N=C(c1cccc(C(F)(F)F)c1)C(=O)N2.Cc1ccc(CBr)cc1.Cc1ccc(CN2C(=O)C(c3cccc(C(F)(F)F)c3)=NC23CCC(C(C)(C)C)CC3)cc1.O=C=O.O=C=O.O=CO[O-].[H-].[K+].[K+]. The van der Waals surface area contributed by atoms with Gasteiger partial charge in [0.1, 0.15) is 22.7 Å². The molecule has 418 valence electrons. The number of carbonyl (C=O) groups excluding carboxylic acids is 7. The van der Waals surface area contributed by atoms with Crippen molar-refractivity contribution in [1.82, 2.24) is 10.2 Å². The molecule has 0 radical (unpaired) electrons. The third-order valence-corrected chi connectivity index (χ3v) is 14.6. The molecule has 2 aliphatic carbocycles. The van der Waals surface area contributed by atoms with E-state index in [-0.39, 0.29) is 168 Å². The number of carbonyl (C=O) groups is 3. The van der Waals surface area contributed by atoms with Gasteiger partial charge in [0.05, 0.1) is 11.1 Å². The molecule has 79 heavy (non-hydrogen) atoms. The maximum Gasteiger partial charge on any atom is 1.00 e. The van der Waals surface area contributed by atoms with Gasteiger partial charge < -0.3 is 21.8 Å². The largest absolute Gasteiger partial charge is 1.00 e. The molecule has 13 nitrogen and oxygen atoms in total. The Labute approximate surface area is 552 Å². The van der Waals surface area contributed by atoms with Crippen molar-refractivity contribution < 1.29 is 174 Å². The van der Waals surface area contributed by atoms with Crippen LogP contribution in [0.3, 0.4) is 0 Å². The van der Waals surface area contributed by atoms with Gasteiger partial charge in [-0.05, 0) is 123 Å². The topological polar surface area (TPSA) is 192 Å². The Balaban J connectivity index is 0.00000117. The van der Waals surface area contributed by atoms with Crippen LogP contribution in [0, 0.1) is 36.5 Å². The van der Waals surface area contributed by atoms with Gasteiger partial charge in [-0.2, -0.15) is 45.5 Å². The fraction of sp³-hybridized carbons (Fsp3) is 0.456. The second-order valence-electron chi connectivity index (χ2n) is 21.2. The van der Waals surface area contributed by atoms with Crippen LogP contribution in [0.25, 0.3) is 0 Å². The van der Waals surface area contributed by atoms with Crippen molar-refractivity contribution in [2.75, 3.05) is 0 Å². The van der Waals surface area contributed by atoms with Crippen LogP contribution < -0.4 is 113 Å². The summed E-state index contributed by atoms with van der Waals surface area (Å²) in [6.45, 7) is 17.6. The summed E-state index contributed by atoms with van der Waals surface area (Å²) >= 11 is 3.38. The van der Waals surface area contributed by atoms with E-state index in [1.54, 1.807) is 11.0 Å². The fourth-order valence-electron chi connectivity index (χ4n) is 9.56. The van der Waals surface area contributed by atoms with Crippen molar-refractivity contribution in [2.24, 2.45) is 32.7 Å². The molecule has 2 spiro atoms. The number of hydrogen-bond acceptors (Lipinski definition) is 11. The number of amides is 2. The van der Waals surface area contributed by atoms with Gasteiger partial charge in [-0.15, -0.1) is 0 Å². The minimum Gasteiger partial charge on any atom is -1.00 e. The Kier molecular flexibility index (Phi) is 30.9. The molecule has 2 fully saturated rings. The third-order valence-electron chi connectivity index (χ3n) is 13.9. The van der Waals surface area contributed by atoms with Gasteiger partial charge in [-0.25, -0.2) is 0 Å². The second-order valence-corrected chi connectivity index (χ2v) is 21.7. The van der Waals surface area contributed by atoms with Gasteiger partial charge >= 0.3 is 127 Å². The van der Waals surface area contributed by atoms with Gasteiger partial charge in [-0.3, -0.25) is 24.4 Å². The standard InChI is InChI=1S/C27H31F3N2O.C19H23F3N2O.C8H9Br.CH2O3.2CO2.2K.H/c1-18-8-10-19(11-9-18)17-32-24(33)23(20-6-5-7-22(16-20)27(28,29)30)31-26(32)14-12-21(13-15-26)25(2,3)4;1-17(2,3)13-7-9-18(10-8-13)23-15(16(25)24-18)12-5-4-6-14(11-12)19(20,21)22;1-7-2-4-8(6-9)5-3-7;2-1-4-3;2*2-1-3;;;/h5-11,16,21H,12-15,17H2,1-4H3;4-6,11,13H,7-10H2,1-3H3,(H,24,25);2-5H,6H2,1H3;1,3H;;;;;/q;;;;;;2*+1;-1/p-1. The van der Waals surface area contributed by atoms with E-state index in [0.29, 0.717) is 18.4 Å². The van der Waals surface area contributed by atoms with E-state index in [0.717, 1.165) is 92.1 Å². The molecular weight excluding hydrogens is 1160 g/mol. The zero-order valence-corrected chi connectivity index (χ0v) is 54.0. The van der Waals surface area contributed by atoms with Crippen molar-refractivity contribution in [3.05, 3.63) is 142 Å². The predicted octanol–water partition coefficient (Wildman–Crippen LogP) is 5.61. The molecule has 22 heteroatoms. The Morgan fingerprint density at radius 1 is 0.671 bits per heavy atom. The summed E-state index contributed by atoms with van der Waals surface area (Å²) in [4.78, 5) is 81.0. The average molecular weight is 1220 g/mol. The quantitative estimate of drug-likeness (QED) is 0.0639. The summed E-state index contributed by atoms with van der Waals surface area (Å²) in [5.41, 5.74) is 2.98. The summed E-state index contributed by atoms with van der Waals surface area (Å²) in [5, 5.41) is 12.3. The Hall–Kier alpha value is -3.32. The van der Waals surface area contributed by atoms with Crippen molar-refractivity contribution >= 4 is 57.9 Å². The van der Waals surface area contributed by atoms with E-state index in [1.165, 1.54) is 29.3 Å². The van der Waals surface area contributed by atoms with Crippen molar-refractivity contribution in [1.29, 1.82) is 0 Å². The first kappa shape index (κ1) is 73.7. The molecule has 0 atom stereocenters. The van der Waals surface area contributed by atoms with Crippen LogP contribution in [-0.4, -0.2) is 58.2 Å². The van der Waals surface area contributed by atoms with E-state index in [2.05, 4.69) is 104 Å². The molecule has 0 aromatic heterocycles. The number of nitrogens with one attached hydrogen (secondary N) is 1. The summed E-state index contributed by atoms with van der Waals surface area (Å²) in [7, 11) is 0. The molecule has 4 aliphatic rings. The Morgan fingerprint density at radius 2 is 1.05 bits per heavy atom. The van der Waals surface area contributed by atoms with E-state index >= 15 is 0 Å². The van der Waals surface area contributed by atoms with E-state index < -0.39 is 34.8 Å². The van der Waals surface area contributed by atoms with Crippen LogP contribution in [0.1, 0.15) is 139 Å². The maximum absolute atomic E-state index is 13.6. The number of alkyl halides is 7. The number of halogens is 7. The number of aliphatic imine (C=N–C) groups is 2. The van der Waals surface area contributed by atoms with Crippen molar-refractivity contribution in [3.8, 4) is 0 Å². The van der Waals surface area contributed by atoms with Crippen LogP contribution in [-0.2, 0) is 62.7 Å². The smallest absolute Gasteiger partial charge is 1.00 e. The van der Waals surface area contributed by atoms with E-state index in [1.807, 2.05) is 31.2 Å². The molecule has 4 aromatic carbocycles. The van der Waals surface area contributed by atoms with Crippen LogP contribution in [0.4, 0.5) is 26.3 Å². The molecule has 1 N–H and O–H groups in total. The summed E-state index contributed by atoms with van der Waals surface area (Å²) in [6, 6.07) is 26.3. The summed E-state index contributed by atoms with van der Waals surface area (Å²) in [5.74, 6) is 0.410. The molecule has 0 bridgehead atoms. The van der Waals surface area contributed by atoms with E-state index in [9.17, 15) is 35.9 Å². The van der Waals surface area contributed by atoms with Gasteiger partial charge in [0.25, 0.3) is 18.3 Å². The molecule has 0 unspecified atom stereocenters.